The molecule has 0 saturated carbocycles. The second kappa shape index (κ2) is 5.81. The van der Waals surface area contributed by atoms with Gasteiger partial charge in [-0.05, 0) is 54.2 Å². The molecule has 2 N–H and O–H groups in total. The molecule has 2 aromatic carbocycles. The van der Waals surface area contributed by atoms with E-state index in [0.29, 0.717) is 17.6 Å². The molecule has 3 aliphatic rings. The van der Waals surface area contributed by atoms with Crippen molar-refractivity contribution in [1.29, 1.82) is 0 Å². The van der Waals surface area contributed by atoms with Gasteiger partial charge < -0.3 is 19.9 Å². The first-order chi connectivity index (χ1) is 12.6. The van der Waals surface area contributed by atoms with E-state index in [0.717, 1.165) is 34.4 Å². The van der Waals surface area contributed by atoms with Crippen LogP contribution >= 0.6 is 0 Å². The third kappa shape index (κ3) is 2.34. The van der Waals surface area contributed by atoms with Gasteiger partial charge in [0, 0.05) is 11.6 Å². The number of hydrogen-bond acceptors (Lipinski definition) is 4. The summed E-state index contributed by atoms with van der Waals surface area (Å²) in [5, 5.41) is 13.6. The number of anilines is 1. The van der Waals surface area contributed by atoms with Gasteiger partial charge in [0.15, 0.2) is 11.5 Å². The Morgan fingerprint density at radius 2 is 1.96 bits per heavy atom. The number of fused-ring (bicyclic) bond motifs is 4. The summed E-state index contributed by atoms with van der Waals surface area (Å²) in [5.74, 6) is 2.17. The Hall–Kier alpha value is -2.40. The summed E-state index contributed by atoms with van der Waals surface area (Å²) in [6.07, 6.45) is 5.06. The zero-order chi connectivity index (χ0) is 17.8. The van der Waals surface area contributed by atoms with Gasteiger partial charge >= 0.3 is 0 Å². The summed E-state index contributed by atoms with van der Waals surface area (Å²) in [6.45, 7) is 2.05. The molecule has 1 aliphatic carbocycles. The highest BCUT2D eigenvalue weighted by Crippen LogP contribution is 2.50. The van der Waals surface area contributed by atoms with Crippen molar-refractivity contribution in [3.8, 4) is 11.5 Å². The molecule has 0 bridgehead atoms. The van der Waals surface area contributed by atoms with Crippen LogP contribution in [0.15, 0.2) is 42.5 Å². The van der Waals surface area contributed by atoms with Gasteiger partial charge in [-0.25, -0.2) is 0 Å². The van der Waals surface area contributed by atoms with Crippen molar-refractivity contribution in [3.05, 3.63) is 59.2 Å². The van der Waals surface area contributed by atoms with Crippen LogP contribution in [0.25, 0.3) is 0 Å². The molecular weight excluding hydrogens is 325 g/mol. The minimum Gasteiger partial charge on any atom is -0.454 e. The minimum absolute atomic E-state index is 0.106. The van der Waals surface area contributed by atoms with Gasteiger partial charge in [-0.1, -0.05) is 29.7 Å². The monoisotopic (exact) mass is 345 g/mol. The first-order valence-electron chi connectivity index (χ1n) is 9.06. The van der Waals surface area contributed by atoms with Crippen LogP contribution in [0.5, 0.6) is 11.5 Å². The second-order valence-electron chi connectivity index (χ2n) is 7.33. The fourth-order valence-electron chi connectivity index (χ4n) is 4.42. The lowest BCUT2D eigenvalue weighted by Gasteiger charge is -2.38. The topological polar surface area (TPSA) is 50.7 Å². The van der Waals surface area contributed by atoms with E-state index in [4.69, 9.17) is 17.3 Å². The Morgan fingerprint density at radius 1 is 1.15 bits per heavy atom. The van der Waals surface area contributed by atoms with Gasteiger partial charge in [0.25, 0.3) is 0 Å². The Bertz CT molecular complexity index is 908. The van der Waals surface area contributed by atoms with Crippen LogP contribution in [-0.2, 0) is 0 Å². The molecule has 26 heavy (non-hydrogen) atoms. The molecule has 2 aromatic rings. The van der Waals surface area contributed by atoms with E-state index in [1.165, 1.54) is 5.56 Å². The number of aliphatic hydroxyl groups excluding tert-OH is 1. The van der Waals surface area contributed by atoms with E-state index in [1.807, 2.05) is 18.2 Å². The van der Waals surface area contributed by atoms with Crippen molar-refractivity contribution >= 4 is 19.0 Å². The molecule has 0 spiro atoms. The quantitative estimate of drug-likeness (QED) is 0.649. The van der Waals surface area contributed by atoms with E-state index in [9.17, 15) is 5.11 Å². The van der Waals surface area contributed by atoms with E-state index in [-0.39, 0.29) is 12.8 Å². The molecule has 0 amide bonds. The molecule has 2 radical (unpaired) electrons. The van der Waals surface area contributed by atoms with Crippen LogP contribution in [0.1, 0.15) is 48.1 Å². The lowest BCUT2D eigenvalue weighted by Crippen LogP contribution is -2.32. The van der Waals surface area contributed by atoms with Crippen LogP contribution in [0.3, 0.4) is 0 Å². The van der Waals surface area contributed by atoms with Gasteiger partial charge in [0.05, 0.1) is 12.1 Å². The number of ether oxygens (including phenoxy) is 2. The molecule has 2 aliphatic heterocycles. The Kier molecular flexibility index (Phi) is 3.54. The third-order valence-electron chi connectivity index (χ3n) is 5.78. The van der Waals surface area contributed by atoms with Crippen LogP contribution < -0.4 is 20.3 Å². The lowest BCUT2D eigenvalue weighted by molar-refractivity contribution is 0.174. The van der Waals surface area contributed by atoms with E-state index in [1.54, 1.807) is 6.92 Å². The number of rotatable bonds is 2. The van der Waals surface area contributed by atoms with Crippen molar-refractivity contribution in [1.82, 2.24) is 0 Å². The normalized spacial score (nSPS) is 26.2. The number of aliphatic hydroxyl groups is 1. The van der Waals surface area contributed by atoms with Crippen LogP contribution in [0, 0.1) is 5.92 Å². The van der Waals surface area contributed by atoms with Crippen molar-refractivity contribution < 1.29 is 14.6 Å². The minimum atomic E-state index is -0.466. The highest BCUT2D eigenvalue weighted by atomic mass is 16.7. The number of hydrogen-bond donors (Lipinski definition) is 2. The predicted molar refractivity (Wildman–Crippen MR) is 101 cm³/mol. The van der Waals surface area contributed by atoms with Crippen molar-refractivity contribution in [3.63, 3.8) is 0 Å². The zero-order valence-electron chi connectivity index (χ0n) is 14.6. The van der Waals surface area contributed by atoms with E-state index >= 15 is 0 Å². The first kappa shape index (κ1) is 15.8. The maximum absolute atomic E-state index is 9.94. The summed E-state index contributed by atoms with van der Waals surface area (Å²) in [5.41, 5.74) is 5.08. The van der Waals surface area contributed by atoms with Gasteiger partial charge in [-0.2, -0.15) is 0 Å². The number of benzene rings is 2. The zero-order valence-corrected chi connectivity index (χ0v) is 14.6. The SMILES string of the molecule is [B]c1cc2c(cc1C1Nc3ccc(C(C)O)cc3[C@@H]3C=CC[C@H]13)OCO2. The summed E-state index contributed by atoms with van der Waals surface area (Å²) < 4.78 is 11.0. The number of allylic oxidation sites excluding steroid dienone is 2. The fourth-order valence-corrected chi connectivity index (χ4v) is 4.42. The summed E-state index contributed by atoms with van der Waals surface area (Å²) in [7, 11) is 6.36. The Morgan fingerprint density at radius 3 is 2.77 bits per heavy atom. The lowest BCUT2D eigenvalue weighted by atomic mass is 9.73. The molecule has 5 heteroatoms. The average molecular weight is 345 g/mol. The molecule has 0 fully saturated rings. The Labute approximate surface area is 154 Å². The van der Waals surface area contributed by atoms with Crippen LogP contribution in [0.2, 0.25) is 0 Å². The largest absolute Gasteiger partial charge is 0.454 e. The average Bonchev–Trinajstić information content (AvgIpc) is 3.29. The third-order valence-corrected chi connectivity index (χ3v) is 5.78. The van der Waals surface area contributed by atoms with Gasteiger partial charge in [-0.3, -0.25) is 0 Å². The Balaban J connectivity index is 1.58. The molecule has 4 nitrogen and oxygen atoms in total. The van der Waals surface area contributed by atoms with E-state index < -0.39 is 6.10 Å². The van der Waals surface area contributed by atoms with Gasteiger partial charge in [0.2, 0.25) is 6.79 Å². The van der Waals surface area contributed by atoms with E-state index in [2.05, 4.69) is 29.6 Å². The van der Waals surface area contributed by atoms with Crippen LogP contribution in [0.4, 0.5) is 5.69 Å². The first-order valence-corrected chi connectivity index (χ1v) is 9.06. The molecule has 4 atom stereocenters. The van der Waals surface area contributed by atoms with Crippen molar-refractivity contribution in [2.75, 3.05) is 12.1 Å². The fraction of sp³-hybridized carbons (Fsp3) is 0.333. The molecular formula is C21H20BNO3. The number of nitrogens with one attached hydrogen (secondary N) is 1. The molecule has 2 heterocycles. The van der Waals surface area contributed by atoms with Gasteiger partial charge in [0.1, 0.15) is 7.85 Å². The van der Waals surface area contributed by atoms with Crippen molar-refractivity contribution in [2.24, 2.45) is 5.92 Å². The smallest absolute Gasteiger partial charge is 0.231 e. The molecule has 5 rings (SSSR count). The summed E-state index contributed by atoms with van der Waals surface area (Å²) in [4.78, 5) is 0. The maximum atomic E-state index is 9.94. The molecule has 2 unspecified atom stereocenters. The summed E-state index contributed by atoms with van der Waals surface area (Å²) >= 11 is 0. The maximum Gasteiger partial charge on any atom is 0.231 e. The second-order valence-corrected chi connectivity index (χ2v) is 7.33. The molecule has 0 saturated heterocycles. The summed E-state index contributed by atoms with van der Waals surface area (Å²) in [6, 6.07) is 10.2. The highest BCUT2D eigenvalue weighted by molar-refractivity contribution is 6.33. The standard InChI is InChI=1S/C21H20BNO3/c1-11(24)12-5-6-18-15(7-12)13-3-2-4-14(13)21(23-18)16-8-19-20(9-17(16)22)26-10-25-19/h2-3,5-9,11,13-14,21,23-24H,4,10H2,1H3/t11?,13-,14+,21?/m1/s1. The molecule has 130 valence electrons. The predicted octanol–water partition coefficient (Wildman–Crippen LogP) is 3.09. The van der Waals surface area contributed by atoms with Gasteiger partial charge in [-0.15, -0.1) is 0 Å². The van der Waals surface area contributed by atoms with Crippen molar-refractivity contribution in [2.45, 2.75) is 31.4 Å². The molecule has 0 aromatic heterocycles. The van der Waals surface area contributed by atoms with Crippen LogP contribution in [-0.4, -0.2) is 19.7 Å². The highest BCUT2D eigenvalue weighted by Gasteiger charge is 2.39.